The van der Waals surface area contributed by atoms with Crippen LogP contribution in [0.5, 0.6) is 0 Å². The predicted molar refractivity (Wildman–Crippen MR) is 73.9 cm³/mol. The molecule has 0 aliphatic carbocycles. The normalized spacial score (nSPS) is 19.1. The van der Waals surface area contributed by atoms with Crippen molar-refractivity contribution in [2.24, 2.45) is 5.92 Å². The molecule has 0 amide bonds. The third kappa shape index (κ3) is 7.24. The minimum absolute atomic E-state index is 0.745. The van der Waals surface area contributed by atoms with Crippen LogP contribution in [-0.2, 0) is 4.74 Å². The highest BCUT2D eigenvalue weighted by molar-refractivity contribution is 6.18. The molecule has 0 aromatic heterocycles. The molecule has 0 aromatic rings. The Balaban J connectivity index is 1.95. The predicted octanol–water partition coefficient (Wildman–Crippen LogP) is 1.91. The molecule has 0 bridgehead atoms. The summed E-state index contributed by atoms with van der Waals surface area (Å²) in [7, 11) is 0. The van der Waals surface area contributed by atoms with Gasteiger partial charge in [0.1, 0.15) is 0 Å². The highest BCUT2D eigenvalue weighted by atomic mass is 35.5. The number of piperazine rings is 1. The molecule has 1 fully saturated rings. The zero-order chi connectivity index (χ0) is 12.5. The Bertz CT molecular complexity index is 182. The van der Waals surface area contributed by atoms with Gasteiger partial charge in [0.2, 0.25) is 0 Å². The highest BCUT2D eigenvalue weighted by Gasteiger charge is 2.15. The Kier molecular flexibility index (Phi) is 8.19. The van der Waals surface area contributed by atoms with Gasteiger partial charge in [-0.25, -0.2) is 0 Å². The summed E-state index contributed by atoms with van der Waals surface area (Å²) in [6, 6.07) is 0. The Morgan fingerprint density at radius 2 is 1.59 bits per heavy atom. The second-order valence-electron chi connectivity index (χ2n) is 5.17. The molecule has 17 heavy (non-hydrogen) atoms. The van der Waals surface area contributed by atoms with Crippen molar-refractivity contribution >= 4 is 11.6 Å². The van der Waals surface area contributed by atoms with Crippen molar-refractivity contribution in [3.8, 4) is 0 Å². The van der Waals surface area contributed by atoms with Gasteiger partial charge in [-0.3, -0.25) is 9.80 Å². The summed E-state index contributed by atoms with van der Waals surface area (Å²) < 4.78 is 5.65. The van der Waals surface area contributed by atoms with E-state index in [4.69, 9.17) is 16.3 Å². The number of ether oxygens (including phenoxy) is 1. The van der Waals surface area contributed by atoms with E-state index in [-0.39, 0.29) is 0 Å². The number of halogens is 1. The van der Waals surface area contributed by atoms with Crippen molar-refractivity contribution in [3.05, 3.63) is 0 Å². The first-order valence-corrected chi connectivity index (χ1v) is 7.34. The maximum absolute atomic E-state index is 5.74. The van der Waals surface area contributed by atoms with E-state index in [0.717, 1.165) is 64.3 Å². The van der Waals surface area contributed by atoms with Crippen LogP contribution in [0.15, 0.2) is 0 Å². The van der Waals surface area contributed by atoms with Crippen LogP contribution in [0.4, 0.5) is 0 Å². The lowest BCUT2D eigenvalue weighted by Gasteiger charge is -2.34. The summed E-state index contributed by atoms with van der Waals surface area (Å²) in [4.78, 5) is 4.92. The van der Waals surface area contributed by atoms with Gasteiger partial charge in [0, 0.05) is 51.8 Å². The molecule has 0 N–H and O–H groups in total. The SMILES string of the molecule is CC(C)CCOCCN1CCN(CCCl)CC1. The molecule has 0 radical (unpaired) electrons. The molecule has 4 heteroatoms. The third-order valence-electron chi connectivity index (χ3n) is 3.26. The van der Waals surface area contributed by atoms with E-state index in [1.54, 1.807) is 0 Å². The molecular weight excluding hydrogens is 236 g/mol. The minimum Gasteiger partial charge on any atom is -0.380 e. The second-order valence-corrected chi connectivity index (χ2v) is 5.55. The van der Waals surface area contributed by atoms with Crippen LogP contribution in [0.2, 0.25) is 0 Å². The fourth-order valence-corrected chi connectivity index (χ4v) is 2.21. The van der Waals surface area contributed by atoms with Gasteiger partial charge in [-0.15, -0.1) is 11.6 Å². The zero-order valence-electron chi connectivity index (χ0n) is 11.3. The summed E-state index contributed by atoms with van der Waals surface area (Å²) in [5, 5.41) is 0. The van der Waals surface area contributed by atoms with Gasteiger partial charge < -0.3 is 4.74 Å². The van der Waals surface area contributed by atoms with E-state index in [1.165, 1.54) is 6.42 Å². The first kappa shape index (κ1) is 15.2. The van der Waals surface area contributed by atoms with Crippen molar-refractivity contribution in [3.63, 3.8) is 0 Å². The van der Waals surface area contributed by atoms with Gasteiger partial charge in [0.15, 0.2) is 0 Å². The highest BCUT2D eigenvalue weighted by Crippen LogP contribution is 2.02. The van der Waals surface area contributed by atoms with E-state index >= 15 is 0 Å². The summed E-state index contributed by atoms with van der Waals surface area (Å²) in [5.41, 5.74) is 0. The van der Waals surface area contributed by atoms with Crippen molar-refractivity contribution in [2.45, 2.75) is 20.3 Å². The van der Waals surface area contributed by atoms with Crippen molar-refractivity contribution in [2.75, 3.05) is 58.4 Å². The Morgan fingerprint density at radius 1 is 1.00 bits per heavy atom. The van der Waals surface area contributed by atoms with E-state index in [0.29, 0.717) is 0 Å². The molecule has 1 aliphatic heterocycles. The van der Waals surface area contributed by atoms with Crippen molar-refractivity contribution < 1.29 is 4.74 Å². The molecule has 102 valence electrons. The van der Waals surface area contributed by atoms with Gasteiger partial charge in [0.25, 0.3) is 0 Å². The molecule has 1 saturated heterocycles. The van der Waals surface area contributed by atoms with Gasteiger partial charge in [-0.2, -0.15) is 0 Å². The van der Waals surface area contributed by atoms with Crippen LogP contribution in [0.3, 0.4) is 0 Å². The number of alkyl halides is 1. The van der Waals surface area contributed by atoms with Gasteiger partial charge in [0.05, 0.1) is 6.61 Å². The average Bonchev–Trinajstić information content (AvgIpc) is 2.31. The third-order valence-corrected chi connectivity index (χ3v) is 3.43. The minimum atomic E-state index is 0.745. The smallest absolute Gasteiger partial charge is 0.0593 e. The van der Waals surface area contributed by atoms with E-state index < -0.39 is 0 Å². The molecule has 0 unspecified atom stereocenters. The van der Waals surface area contributed by atoms with Gasteiger partial charge in [-0.1, -0.05) is 13.8 Å². The molecule has 0 spiro atoms. The summed E-state index contributed by atoms with van der Waals surface area (Å²) in [6.45, 7) is 13.0. The monoisotopic (exact) mass is 262 g/mol. The summed E-state index contributed by atoms with van der Waals surface area (Å²) in [5.74, 6) is 1.49. The van der Waals surface area contributed by atoms with Crippen LogP contribution >= 0.6 is 11.6 Å². The standard InChI is InChI=1S/C13H27ClN2O/c1-13(2)3-11-17-12-10-16-8-6-15(5-4-14)7-9-16/h13H,3-12H2,1-2H3. The lowest BCUT2D eigenvalue weighted by atomic mass is 10.1. The Morgan fingerprint density at radius 3 is 2.12 bits per heavy atom. The molecule has 0 atom stereocenters. The largest absolute Gasteiger partial charge is 0.380 e. The molecule has 1 heterocycles. The lowest BCUT2D eigenvalue weighted by Crippen LogP contribution is -2.47. The van der Waals surface area contributed by atoms with E-state index in [9.17, 15) is 0 Å². The number of hydrogen-bond donors (Lipinski definition) is 0. The number of hydrogen-bond acceptors (Lipinski definition) is 3. The summed E-state index contributed by atoms with van der Waals surface area (Å²) >= 11 is 5.74. The number of rotatable bonds is 8. The number of nitrogens with zero attached hydrogens (tertiary/aromatic N) is 2. The molecule has 1 aliphatic rings. The summed E-state index contributed by atoms with van der Waals surface area (Å²) in [6.07, 6.45) is 1.17. The van der Waals surface area contributed by atoms with Crippen molar-refractivity contribution in [1.29, 1.82) is 0 Å². The van der Waals surface area contributed by atoms with E-state index in [2.05, 4.69) is 23.6 Å². The average molecular weight is 263 g/mol. The van der Waals surface area contributed by atoms with Crippen LogP contribution in [-0.4, -0.2) is 68.2 Å². The van der Waals surface area contributed by atoms with Gasteiger partial charge >= 0.3 is 0 Å². The van der Waals surface area contributed by atoms with Crippen LogP contribution in [0.25, 0.3) is 0 Å². The topological polar surface area (TPSA) is 15.7 Å². The fourth-order valence-electron chi connectivity index (χ4n) is 1.97. The maximum atomic E-state index is 5.74. The molecule has 1 rings (SSSR count). The van der Waals surface area contributed by atoms with Crippen LogP contribution < -0.4 is 0 Å². The maximum Gasteiger partial charge on any atom is 0.0593 e. The molecule has 3 nitrogen and oxygen atoms in total. The van der Waals surface area contributed by atoms with E-state index in [1.807, 2.05) is 0 Å². The fraction of sp³-hybridized carbons (Fsp3) is 1.00. The van der Waals surface area contributed by atoms with Crippen molar-refractivity contribution in [1.82, 2.24) is 9.80 Å². The molecular formula is C13H27ClN2O. The van der Waals surface area contributed by atoms with Crippen LogP contribution in [0.1, 0.15) is 20.3 Å². The molecule has 0 aromatic carbocycles. The molecule has 0 saturated carbocycles. The second kappa shape index (κ2) is 9.15. The Labute approximate surface area is 111 Å². The van der Waals surface area contributed by atoms with Crippen LogP contribution in [0, 0.1) is 5.92 Å². The first-order chi connectivity index (χ1) is 8.22. The van der Waals surface area contributed by atoms with Gasteiger partial charge in [-0.05, 0) is 12.3 Å². The Hall–Kier alpha value is 0.170. The quantitative estimate of drug-likeness (QED) is 0.491. The first-order valence-electron chi connectivity index (χ1n) is 6.80. The lowest BCUT2D eigenvalue weighted by molar-refractivity contribution is 0.0729. The zero-order valence-corrected chi connectivity index (χ0v) is 12.1.